The zero-order valence-corrected chi connectivity index (χ0v) is 11.0. The van der Waals surface area contributed by atoms with Crippen molar-refractivity contribution in [1.82, 2.24) is 0 Å². The summed E-state index contributed by atoms with van der Waals surface area (Å²) >= 11 is 7.39. The number of hydrogen-bond acceptors (Lipinski definition) is 2. The zero-order valence-electron chi connectivity index (χ0n) is 9.41. The van der Waals surface area contributed by atoms with Crippen LogP contribution in [0.3, 0.4) is 0 Å². The topological polar surface area (TPSA) is 26.0 Å². The first kappa shape index (κ1) is 12.6. The number of thiophene rings is 1. The highest BCUT2D eigenvalue weighted by molar-refractivity contribution is 7.16. The van der Waals surface area contributed by atoms with Crippen molar-refractivity contribution in [3.05, 3.63) is 57.0 Å². The molecule has 1 heterocycles. The zero-order chi connectivity index (χ0) is 12.5. The normalized spacial score (nSPS) is 14.6. The largest absolute Gasteiger partial charge is 0.321 e. The van der Waals surface area contributed by atoms with Crippen LogP contribution in [-0.2, 0) is 12.0 Å². The Kier molecular flexibility index (Phi) is 3.52. The maximum absolute atomic E-state index is 12.8. The lowest BCUT2D eigenvalue weighted by Crippen LogP contribution is -2.34. The highest BCUT2D eigenvalue weighted by Gasteiger charge is 2.23. The van der Waals surface area contributed by atoms with Gasteiger partial charge in [-0.3, -0.25) is 0 Å². The number of hydrogen-bond donors (Lipinski definition) is 1. The number of benzene rings is 1. The summed E-state index contributed by atoms with van der Waals surface area (Å²) in [4.78, 5) is 1.03. The molecule has 0 saturated carbocycles. The van der Waals surface area contributed by atoms with Gasteiger partial charge in [0.2, 0.25) is 0 Å². The molecule has 0 aliphatic carbocycles. The van der Waals surface area contributed by atoms with E-state index in [-0.39, 0.29) is 5.82 Å². The second-order valence-electron chi connectivity index (χ2n) is 4.32. The van der Waals surface area contributed by atoms with Gasteiger partial charge < -0.3 is 5.73 Å². The molecule has 17 heavy (non-hydrogen) atoms. The van der Waals surface area contributed by atoms with Crippen molar-refractivity contribution in [2.75, 3.05) is 0 Å². The van der Waals surface area contributed by atoms with Crippen molar-refractivity contribution in [3.63, 3.8) is 0 Å². The van der Waals surface area contributed by atoms with Crippen LogP contribution >= 0.6 is 22.9 Å². The maximum atomic E-state index is 12.8. The molecule has 0 spiro atoms. The van der Waals surface area contributed by atoms with Gasteiger partial charge in [-0.25, -0.2) is 4.39 Å². The van der Waals surface area contributed by atoms with E-state index in [1.165, 1.54) is 23.5 Å². The fraction of sp³-hybridized carbons (Fsp3) is 0.231. The average Bonchev–Trinajstić information content (AvgIpc) is 2.69. The smallest absolute Gasteiger partial charge is 0.123 e. The van der Waals surface area contributed by atoms with Crippen LogP contribution in [0.25, 0.3) is 0 Å². The molecule has 0 saturated heterocycles. The number of rotatable bonds is 3. The summed E-state index contributed by atoms with van der Waals surface area (Å²) in [6.45, 7) is 1.96. The van der Waals surface area contributed by atoms with Crippen molar-refractivity contribution >= 4 is 22.9 Å². The third kappa shape index (κ3) is 3.06. The summed E-state index contributed by atoms with van der Waals surface area (Å²) in [6.07, 6.45) is 0.657. The van der Waals surface area contributed by atoms with E-state index in [4.69, 9.17) is 17.3 Å². The second kappa shape index (κ2) is 4.77. The predicted molar refractivity (Wildman–Crippen MR) is 71.0 cm³/mol. The van der Waals surface area contributed by atoms with Crippen LogP contribution in [0, 0.1) is 5.82 Å². The van der Waals surface area contributed by atoms with Crippen LogP contribution in [0.2, 0.25) is 4.34 Å². The highest BCUT2D eigenvalue weighted by Crippen LogP contribution is 2.31. The fourth-order valence-electron chi connectivity index (χ4n) is 1.73. The van der Waals surface area contributed by atoms with Gasteiger partial charge in [0, 0.05) is 4.88 Å². The molecular weight excluding hydrogens is 257 g/mol. The Balaban J connectivity index is 2.19. The van der Waals surface area contributed by atoms with Gasteiger partial charge >= 0.3 is 0 Å². The van der Waals surface area contributed by atoms with Crippen LogP contribution in [0.15, 0.2) is 36.4 Å². The minimum Gasteiger partial charge on any atom is -0.321 e. The minimum absolute atomic E-state index is 0.230. The molecule has 0 bridgehead atoms. The molecule has 1 unspecified atom stereocenters. The Bertz CT molecular complexity index is 504. The Labute approximate surface area is 109 Å². The highest BCUT2D eigenvalue weighted by atomic mass is 35.5. The molecule has 1 aromatic heterocycles. The third-order valence-electron chi connectivity index (χ3n) is 2.62. The van der Waals surface area contributed by atoms with E-state index in [1.807, 2.05) is 19.1 Å². The van der Waals surface area contributed by atoms with Crippen molar-refractivity contribution < 1.29 is 4.39 Å². The van der Waals surface area contributed by atoms with Crippen LogP contribution < -0.4 is 5.73 Å². The van der Waals surface area contributed by atoms with Crippen molar-refractivity contribution in [1.29, 1.82) is 0 Å². The van der Waals surface area contributed by atoms with Crippen molar-refractivity contribution in [2.45, 2.75) is 18.9 Å². The number of halogens is 2. The molecule has 90 valence electrons. The molecule has 1 aromatic carbocycles. The predicted octanol–water partition coefficient (Wildman–Crippen LogP) is 3.96. The van der Waals surface area contributed by atoms with E-state index in [9.17, 15) is 4.39 Å². The first-order valence-corrected chi connectivity index (χ1v) is 6.46. The van der Waals surface area contributed by atoms with Gasteiger partial charge in [-0.05, 0) is 43.2 Å². The second-order valence-corrected chi connectivity index (χ2v) is 6.04. The van der Waals surface area contributed by atoms with E-state index in [1.54, 1.807) is 12.1 Å². The van der Waals surface area contributed by atoms with Gasteiger partial charge in [0.15, 0.2) is 0 Å². The lowest BCUT2D eigenvalue weighted by atomic mass is 9.92. The Morgan fingerprint density at radius 3 is 2.41 bits per heavy atom. The Morgan fingerprint density at radius 1 is 1.24 bits per heavy atom. The number of nitrogens with two attached hydrogens (primary N) is 1. The first-order valence-electron chi connectivity index (χ1n) is 5.26. The first-order chi connectivity index (χ1) is 7.97. The quantitative estimate of drug-likeness (QED) is 0.897. The fourth-order valence-corrected chi connectivity index (χ4v) is 2.83. The summed E-state index contributed by atoms with van der Waals surface area (Å²) in [5.74, 6) is -0.230. The average molecular weight is 270 g/mol. The van der Waals surface area contributed by atoms with Gasteiger partial charge in [0.05, 0.1) is 9.88 Å². The van der Waals surface area contributed by atoms with E-state index in [2.05, 4.69) is 0 Å². The molecule has 2 N–H and O–H groups in total. The summed E-state index contributed by atoms with van der Waals surface area (Å²) in [6, 6.07) is 10.2. The molecule has 4 heteroatoms. The Morgan fingerprint density at radius 2 is 1.88 bits per heavy atom. The van der Waals surface area contributed by atoms with Gasteiger partial charge in [0.1, 0.15) is 5.82 Å². The monoisotopic (exact) mass is 269 g/mol. The molecule has 0 aliphatic heterocycles. The van der Waals surface area contributed by atoms with Crippen LogP contribution in [-0.4, -0.2) is 0 Å². The van der Waals surface area contributed by atoms with Gasteiger partial charge in [-0.15, -0.1) is 11.3 Å². The molecule has 0 fully saturated rings. The molecule has 1 nitrogen and oxygen atoms in total. The van der Waals surface area contributed by atoms with Gasteiger partial charge in [-0.1, -0.05) is 23.7 Å². The lowest BCUT2D eigenvalue weighted by Gasteiger charge is -2.23. The van der Waals surface area contributed by atoms with Crippen molar-refractivity contribution in [3.8, 4) is 0 Å². The summed E-state index contributed by atoms with van der Waals surface area (Å²) in [5, 5.41) is 0. The van der Waals surface area contributed by atoms with E-state index in [0.29, 0.717) is 6.42 Å². The Hall–Kier alpha value is -0.900. The van der Waals surface area contributed by atoms with Gasteiger partial charge in [-0.2, -0.15) is 0 Å². The summed E-state index contributed by atoms with van der Waals surface area (Å²) < 4.78 is 13.5. The summed E-state index contributed by atoms with van der Waals surface area (Å²) in [5.41, 5.74) is 6.82. The third-order valence-corrected chi connectivity index (χ3v) is 4.13. The minimum atomic E-state index is -0.477. The molecule has 0 radical (unpaired) electrons. The van der Waals surface area contributed by atoms with Gasteiger partial charge in [0.25, 0.3) is 0 Å². The molecule has 0 amide bonds. The maximum Gasteiger partial charge on any atom is 0.123 e. The molecule has 2 aromatic rings. The van der Waals surface area contributed by atoms with E-state index in [0.717, 1.165) is 14.8 Å². The van der Waals surface area contributed by atoms with E-state index < -0.39 is 5.54 Å². The van der Waals surface area contributed by atoms with Crippen LogP contribution in [0.4, 0.5) is 4.39 Å². The summed E-state index contributed by atoms with van der Waals surface area (Å²) in [7, 11) is 0. The molecule has 0 aliphatic rings. The standard InChI is InChI=1S/C13H13ClFNS/c1-13(16,11-6-7-12(14)17-11)8-9-2-4-10(15)5-3-9/h2-7H,8,16H2,1H3. The van der Waals surface area contributed by atoms with Crippen molar-refractivity contribution in [2.24, 2.45) is 5.73 Å². The SMILES string of the molecule is CC(N)(Cc1ccc(F)cc1)c1ccc(Cl)s1. The molecular formula is C13H13ClFNS. The van der Waals surface area contributed by atoms with E-state index >= 15 is 0 Å². The van der Waals surface area contributed by atoms with Crippen LogP contribution in [0.5, 0.6) is 0 Å². The lowest BCUT2D eigenvalue weighted by molar-refractivity contribution is 0.501. The van der Waals surface area contributed by atoms with Crippen LogP contribution in [0.1, 0.15) is 17.4 Å². The molecule has 2 rings (SSSR count). The molecule has 1 atom stereocenters.